The lowest BCUT2D eigenvalue weighted by molar-refractivity contribution is -0.128. The van der Waals surface area contributed by atoms with Gasteiger partial charge in [-0.1, -0.05) is 36.9 Å². The number of aryl methyl sites for hydroxylation is 1. The van der Waals surface area contributed by atoms with E-state index in [-0.39, 0.29) is 31.9 Å². The van der Waals surface area contributed by atoms with Crippen molar-refractivity contribution in [1.82, 2.24) is 19.8 Å². The van der Waals surface area contributed by atoms with Crippen molar-refractivity contribution in [2.24, 2.45) is 5.92 Å². The number of piperazine rings is 1. The van der Waals surface area contributed by atoms with Gasteiger partial charge in [0, 0.05) is 55.4 Å². The van der Waals surface area contributed by atoms with Crippen LogP contribution in [0.15, 0.2) is 49.1 Å². The first-order valence-corrected chi connectivity index (χ1v) is 15.9. The van der Waals surface area contributed by atoms with Gasteiger partial charge < -0.3 is 24.3 Å². The van der Waals surface area contributed by atoms with Crippen molar-refractivity contribution in [2.75, 3.05) is 56.2 Å². The maximum absolute atomic E-state index is 12.6. The summed E-state index contributed by atoms with van der Waals surface area (Å²) in [5, 5.41) is 12.1. The molecule has 1 aliphatic carbocycles. The molecule has 10 heteroatoms. The second kappa shape index (κ2) is 14.1. The maximum atomic E-state index is 12.6. The molecule has 3 heterocycles. The summed E-state index contributed by atoms with van der Waals surface area (Å²) in [6.07, 6.45) is 5.02. The van der Waals surface area contributed by atoms with E-state index < -0.39 is 0 Å². The van der Waals surface area contributed by atoms with E-state index in [2.05, 4.69) is 84.6 Å². The maximum Gasteiger partial charge on any atom is 0.318 e. The van der Waals surface area contributed by atoms with Crippen molar-refractivity contribution in [1.29, 1.82) is 5.26 Å². The Morgan fingerprint density at radius 2 is 1.96 bits per heavy atom. The van der Waals surface area contributed by atoms with E-state index in [1.807, 2.05) is 0 Å². The van der Waals surface area contributed by atoms with Crippen LogP contribution in [0.2, 0.25) is 0 Å². The Kier molecular flexibility index (Phi) is 10.2. The minimum atomic E-state index is -0.231. The highest BCUT2D eigenvalue weighted by atomic mass is 32.1. The predicted octanol–water partition coefficient (Wildman–Crippen LogP) is 4.84. The summed E-state index contributed by atoms with van der Waals surface area (Å²) in [6.45, 7) is 12.6. The topological polar surface area (TPSA) is 88.8 Å². The van der Waals surface area contributed by atoms with Gasteiger partial charge in [-0.3, -0.25) is 4.79 Å². The number of fused-ring (bicyclic) bond motifs is 2. The third-order valence-corrected chi connectivity index (χ3v) is 9.70. The van der Waals surface area contributed by atoms with Gasteiger partial charge in [0.2, 0.25) is 5.91 Å². The quantitative estimate of drug-likeness (QED) is 0.295. The zero-order chi connectivity index (χ0) is 30.8. The van der Waals surface area contributed by atoms with E-state index in [1.165, 1.54) is 40.9 Å². The molecular weight excluding hydrogens is 582 g/mol. The lowest BCUT2D eigenvalue weighted by Gasteiger charge is -2.42. The smallest absolute Gasteiger partial charge is 0.318 e. The summed E-state index contributed by atoms with van der Waals surface area (Å²) < 4.78 is 6.27. The summed E-state index contributed by atoms with van der Waals surface area (Å²) in [5.41, 5.74) is 4.58. The Morgan fingerprint density at radius 3 is 2.69 bits per heavy atom. The lowest BCUT2D eigenvalue weighted by atomic mass is 9.99. The molecule has 2 aliphatic heterocycles. The van der Waals surface area contributed by atoms with Crippen molar-refractivity contribution in [3.8, 4) is 12.1 Å². The molecule has 2 atom stereocenters. The average Bonchev–Trinajstić information content (AvgIpc) is 3.89. The summed E-state index contributed by atoms with van der Waals surface area (Å²) in [7, 11) is 2.16. The molecule has 1 unspecified atom stereocenters. The Balaban J connectivity index is 0.00000400. The molecule has 238 valence electrons. The SMILES string of the molecule is C=CC(=O)N1CCN(c2nc(OCCN(C)[C@@H](C)C3CC3)nc3c2CCN(c2cccc4cccc(C)c24)C3)CC1CC#N.S. The van der Waals surface area contributed by atoms with E-state index in [9.17, 15) is 10.1 Å². The Hall–Kier alpha value is -3.81. The van der Waals surface area contributed by atoms with Gasteiger partial charge in [0.05, 0.1) is 30.8 Å². The van der Waals surface area contributed by atoms with Crippen LogP contribution in [0.25, 0.3) is 10.8 Å². The number of likely N-dealkylation sites (N-methyl/N-ethyl adjacent to an activating group) is 1. The van der Waals surface area contributed by atoms with Gasteiger partial charge in [0.25, 0.3) is 0 Å². The van der Waals surface area contributed by atoms with Gasteiger partial charge >= 0.3 is 6.01 Å². The minimum Gasteiger partial charge on any atom is -0.462 e. The number of hydrogen-bond donors (Lipinski definition) is 0. The molecule has 45 heavy (non-hydrogen) atoms. The first kappa shape index (κ1) is 32.6. The van der Waals surface area contributed by atoms with Gasteiger partial charge in [0.1, 0.15) is 12.4 Å². The second-order valence-electron chi connectivity index (χ2n) is 12.5. The van der Waals surface area contributed by atoms with Crippen molar-refractivity contribution in [3.05, 3.63) is 65.9 Å². The molecule has 0 spiro atoms. The van der Waals surface area contributed by atoms with E-state index in [4.69, 9.17) is 14.7 Å². The Bertz CT molecular complexity index is 1580. The van der Waals surface area contributed by atoms with E-state index in [0.717, 1.165) is 42.5 Å². The zero-order valence-corrected chi connectivity index (χ0v) is 27.7. The third-order valence-electron chi connectivity index (χ3n) is 9.70. The van der Waals surface area contributed by atoms with Crippen LogP contribution in [0.5, 0.6) is 6.01 Å². The molecule has 1 saturated carbocycles. The van der Waals surface area contributed by atoms with Crippen LogP contribution < -0.4 is 14.5 Å². The van der Waals surface area contributed by atoms with Crippen LogP contribution in [0.4, 0.5) is 11.5 Å². The highest BCUT2D eigenvalue weighted by Crippen LogP contribution is 2.36. The molecule has 2 aromatic carbocycles. The van der Waals surface area contributed by atoms with Crippen LogP contribution in [0, 0.1) is 24.2 Å². The van der Waals surface area contributed by atoms with Crippen molar-refractivity contribution in [3.63, 3.8) is 0 Å². The van der Waals surface area contributed by atoms with Crippen LogP contribution in [0.1, 0.15) is 43.0 Å². The minimum absolute atomic E-state index is 0. The molecule has 9 nitrogen and oxygen atoms in total. The Morgan fingerprint density at radius 1 is 1.18 bits per heavy atom. The predicted molar refractivity (Wildman–Crippen MR) is 184 cm³/mol. The average molecular weight is 628 g/mol. The van der Waals surface area contributed by atoms with Gasteiger partial charge in [-0.05, 0) is 69.2 Å². The second-order valence-corrected chi connectivity index (χ2v) is 12.5. The number of hydrogen-bond acceptors (Lipinski definition) is 8. The van der Waals surface area contributed by atoms with E-state index in [1.54, 1.807) is 4.90 Å². The lowest BCUT2D eigenvalue weighted by Crippen LogP contribution is -2.55. The van der Waals surface area contributed by atoms with E-state index in [0.29, 0.717) is 44.8 Å². The monoisotopic (exact) mass is 627 g/mol. The zero-order valence-electron chi connectivity index (χ0n) is 26.7. The van der Waals surface area contributed by atoms with Crippen LogP contribution >= 0.6 is 13.5 Å². The number of aromatic nitrogens is 2. The number of carbonyl (C=O) groups excluding carboxylic acids is 1. The molecule has 0 N–H and O–H groups in total. The van der Waals surface area contributed by atoms with Gasteiger partial charge in [-0.25, -0.2) is 0 Å². The molecule has 6 rings (SSSR count). The number of benzene rings is 2. The molecule has 2 fully saturated rings. The van der Waals surface area contributed by atoms with Gasteiger partial charge in [0.15, 0.2) is 0 Å². The summed E-state index contributed by atoms with van der Waals surface area (Å²) in [5.74, 6) is 1.53. The van der Waals surface area contributed by atoms with Crippen molar-refractivity contribution in [2.45, 2.75) is 58.2 Å². The fourth-order valence-electron chi connectivity index (χ4n) is 6.85. The normalized spacial score (nSPS) is 18.6. The highest BCUT2D eigenvalue weighted by Gasteiger charge is 2.34. The third kappa shape index (κ3) is 6.90. The molecule has 0 radical (unpaired) electrons. The summed E-state index contributed by atoms with van der Waals surface area (Å²) >= 11 is 0. The standard InChI is InChI=1S/C35H43N7O2.H2S/c1-5-32(43)42-19-18-41(22-28(42)14-16-36)34-29-15-17-40(31-11-7-10-27-9-6-8-24(2)33(27)31)23-30(29)37-35(38-34)44-21-20-39(4)25(3)26-12-13-26;/h5-11,25-26,28H,1,12-15,17-23H2,2-4H3;1H2/t25-,28?;/m0./s1. The van der Waals surface area contributed by atoms with Gasteiger partial charge in [-0.2, -0.15) is 28.7 Å². The molecule has 1 saturated heterocycles. The first-order chi connectivity index (χ1) is 21.4. The van der Waals surface area contributed by atoms with Crippen molar-refractivity contribution >= 4 is 41.7 Å². The van der Waals surface area contributed by atoms with Crippen LogP contribution in [-0.2, 0) is 17.8 Å². The number of rotatable bonds is 10. The number of nitriles is 1. The number of amides is 1. The van der Waals surface area contributed by atoms with Crippen LogP contribution in [-0.4, -0.2) is 84.1 Å². The van der Waals surface area contributed by atoms with E-state index >= 15 is 0 Å². The fourth-order valence-corrected chi connectivity index (χ4v) is 6.85. The molecular formula is C35H45N7O2S. The van der Waals surface area contributed by atoms with Crippen molar-refractivity contribution < 1.29 is 9.53 Å². The number of carbonyl (C=O) groups is 1. The number of ether oxygens (including phenoxy) is 1. The fraction of sp³-hybridized carbons (Fsp3) is 0.486. The highest BCUT2D eigenvalue weighted by molar-refractivity contribution is 7.59. The van der Waals surface area contributed by atoms with Crippen LogP contribution in [0.3, 0.4) is 0 Å². The summed E-state index contributed by atoms with van der Waals surface area (Å²) in [4.78, 5) is 31.3. The van der Waals surface area contributed by atoms with Gasteiger partial charge in [-0.15, -0.1) is 0 Å². The number of nitrogens with zero attached hydrogens (tertiary/aromatic N) is 7. The largest absolute Gasteiger partial charge is 0.462 e. The number of anilines is 2. The summed E-state index contributed by atoms with van der Waals surface area (Å²) in [6, 6.07) is 15.9. The molecule has 3 aromatic rings. The first-order valence-electron chi connectivity index (χ1n) is 15.9. The molecule has 3 aliphatic rings. The molecule has 1 aromatic heterocycles. The molecule has 0 bridgehead atoms. The molecule has 1 amide bonds. The Labute approximate surface area is 273 Å².